The Kier molecular flexibility index (Phi) is 8.27. The van der Waals surface area contributed by atoms with Crippen molar-refractivity contribution >= 4 is 33.7 Å². The number of rotatable bonds is 8. The van der Waals surface area contributed by atoms with Crippen molar-refractivity contribution in [2.45, 2.75) is 31.8 Å². The molecular weight excluding hydrogens is 395 g/mol. The van der Waals surface area contributed by atoms with Crippen LogP contribution in [-0.4, -0.2) is 37.0 Å². The summed E-state index contributed by atoms with van der Waals surface area (Å²) in [5.41, 5.74) is 0.274. The Morgan fingerprint density at radius 3 is 2.40 bits per heavy atom. The van der Waals surface area contributed by atoms with Crippen LogP contribution in [0.4, 0.5) is 4.39 Å². The monoisotopic (exact) mass is 414 g/mol. The molecule has 1 aromatic rings. The summed E-state index contributed by atoms with van der Waals surface area (Å²) >= 11 is 3.13. The Bertz CT molecular complexity index is 666. The number of nitrogens with one attached hydrogen (secondary N) is 2. The number of hydrogen-bond donors (Lipinski definition) is 2. The highest BCUT2D eigenvalue weighted by molar-refractivity contribution is 9.11. The third-order valence-electron chi connectivity index (χ3n) is 3.30. The lowest BCUT2D eigenvalue weighted by atomic mass is 10.0. The second kappa shape index (κ2) is 9.93. The van der Waals surface area contributed by atoms with Gasteiger partial charge in [0.2, 0.25) is 11.8 Å². The molecule has 136 valence electrons. The van der Waals surface area contributed by atoms with Gasteiger partial charge in [0.15, 0.2) is 0 Å². The van der Waals surface area contributed by atoms with Gasteiger partial charge in [-0.25, -0.2) is 9.18 Å². The van der Waals surface area contributed by atoms with Gasteiger partial charge < -0.3 is 15.4 Å². The molecule has 0 fully saturated rings. The molecule has 0 bridgehead atoms. The van der Waals surface area contributed by atoms with Gasteiger partial charge in [-0.2, -0.15) is 0 Å². The summed E-state index contributed by atoms with van der Waals surface area (Å²) in [7, 11) is 1.20. The van der Waals surface area contributed by atoms with Crippen molar-refractivity contribution in [3.05, 3.63) is 46.7 Å². The minimum absolute atomic E-state index is 0.0543. The molecule has 1 aromatic carbocycles. The zero-order valence-electron chi connectivity index (χ0n) is 14.0. The quantitative estimate of drug-likeness (QED) is 0.635. The van der Waals surface area contributed by atoms with Crippen LogP contribution in [0.1, 0.15) is 18.9 Å². The van der Waals surface area contributed by atoms with Crippen LogP contribution in [0.25, 0.3) is 0 Å². The molecule has 0 unspecified atom stereocenters. The van der Waals surface area contributed by atoms with E-state index in [-0.39, 0.29) is 18.4 Å². The Morgan fingerprint density at radius 2 is 1.88 bits per heavy atom. The third-order valence-corrected chi connectivity index (χ3v) is 3.63. The highest BCUT2D eigenvalue weighted by atomic mass is 79.9. The molecule has 2 atom stereocenters. The second-order valence-corrected chi connectivity index (χ2v) is 6.48. The fourth-order valence-corrected chi connectivity index (χ4v) is 2.49. The lowest BCUT2D eigenvalue weighted by Gasteiger charge is -2.22. The van der Waals surface area contributed by atoms with Gasteiger partial charge >= 0.3 is 5.97 Å². The highest BCUT2D eigenvalue weighted by Gasteiger charge is 2.27. The number of halogens is 2. The average molecular weight is 415 g/mol. The molecule has 0 aliphatic rings. The number of esters is 1. The Labute approximate surface area is 153 Å². The van der Waals surface area contributed by atoms with Crippen LogP contribution < -0.4 is 10.6 Å². The van der Waals surface area contributed by atoms with Gasteiger partial charge in [-0.05, 0) is 16.1 Å². The molecule has 6 nitrogen and oxygen atoms in total. The van der Waals surface area contributed by atoms with Gasteiger partial charge in [0, 0.05) is 19.8 Å². The lowest BCUT2D eigenvalue weighted by molar-refractivity contribution is -0.145. The van der Waals surface area contributed by atoms with Crippen LogP contribution in [0.15, 0.2) is 35.3 Å². The molecule has 0 aliphatic carbocycles. The molecule has 2 amide bonds. The Hall–Kier alpha value is -2.22. The third kappa shape index (κ3) is 7.04. The maximum atomic E-state index is 13.8. The Morgan fingerprint density at radius 1 is 1.24 bits per heavy atom. The molecule has 0 heterocycles. The van der Waals surface area contributed by atoms with E-state index in [2.05, 4.69) is 37.9 Å². The largest absolute Gasteiger partial charge is 0.467 e. The fraction of sp³-hybridized carbons (Fsp3) is 0.353. The van der Waals surface area contributed by atoms with Crippen molar-refractivity contribution < 1.29 is 23.5 Å². The van der Waals surface area contributed by atoms with Gasteiger partial charge in [-0.3, -0.25) is 9.59 Å². The maximum Gasteiger partial charge on any atom is 0.328 e. The normalized spacial score (nSPS) is 12.6. The van der Waals surface area contributed by atoms with Crippen LogP contribution in [0.5, 0.6) is 0 Å². The van der Waals surface area contributed by atoms with Crippen molar-refractivity contribution in [1.29, 1.82) is 0 Å². The summed E-state index contributed by atoms with van der Waals surface area (Å²) in [6.45, 7) is 4.88. The number of amides is 2. The van der Waals surface area contributed by atoms with E-state index in [1.807, 2.05) is 0 Å². The first kappa shape index (κ1) is 20.8. The molecule has 0 spiro atoms. The van der Waals surface area contributed by atoms with Gasteiger partial charge in [0.1, 0.15) is 17.9 Å². The predicted octanol–water partition coefficient (Wildman–Crippen LogP) is 1.83. The molecule has 1 rings (SSSR count). The minimum Gasteiger partial charge on any atom is -0.467 e. The Balaban J connectivity index is 2.94. The highest BCUT2D eigenvalue weighted by Crippen LogP contribution is 2.13. The summed E-state index contributed by atoms with van der Waals surface area (Å²) in [6, 6.07) is 3.94. The average Bonchev–Trinajstić information content (AvgIpc) is 2.53. The van der Waals surface area contributed by atoms with E-state index in [4.69, 9.17) is 0 Å². The zero-order valence-corrected chi connectivity index (χ0v) is 15.6. The fourth-order valence-electron chi connectivity index (χ4n) is 2.17. The standard InChI is InChI=1S/C17H20BrFN2O4/c1-10(18)8-15(17(24)25-3)21-16(23)14(20-11(2)22)9-12-6-4-5-7-13(12)19/h4-7,14-15H,1,8-9H2,2-3H3,(H,20,22)(H,21,23)/t14-,15+/m0/s1. The van der Waals surface area contributed by atoms with Gasteiger partial charge in [0.05, 0.1) is 7.11 Å². The zero-order chi connectivity index (χ0) is 19.0. The van der Waals surface area contributed by atoms with Crippen LogP contribution in [-0.2, 0) is 25.5 Å². The summed E-state index contributed by atoms with van der Waals surface area (Å²) in [6.07, 6.45) is 0.0616. The SMILES string of the molecule is C=C(Br)C[C@@H](NC(=O)[C@H](Cc1ccccc1F)NC(C)=O)C(=O)OC. The molecule has 0 aromatic heterocycles. The molecule has 0 saturated carbocycles. The van der Waals surface area contributed by atoms with E-state index in [0.29, 0.717) is 4.48 Å². The van der Waals surface area contributed by atoms with Crippen LogP contribution in [0.3, 0.4) is 0 Å². The van der Waals surface area contributed by atoms with Crippen LogP contribution >= 0.6 is 15.9 Å². The van der Waals surface area contributed by atoms with E-state index in [9.17, 15) is 18.8 Å². The first-order valence-electron chi connectivity index (χ1n) is 7.46. The molecule has 0 radical (unpaired) electrons. The summed E-state index contributed by atoms with van der Waals surface area (Å²) in [4.78, 5) is 35.7. The number of ether oxygens (including phenoxy) is 1. The first-order valence-corrected chi connectivity index (χ1v) is 8.25. The second-order valence-electron chi connectivity index (χ2n) is 5.35. The van der Waals surface area contributed by atoms with Gasteiger partial charge in [-0.1, -0.05) is 40.7 Å². The summed E-state index contributed by atoms with van der Waals surface area (Å²) in [5, 5.41) is 4.97. The number of carbonyl (C=O) groups excluding carboxylic acids is 3. The number of benzene rings is 1. The number of hydrogen-bond acceptors (Lipinski definition) is 4. The van der Waals surface area contributed by atoms with Crippen molar-refractivity contribution in [3.8, 4) is 0 Å². The molecular formula is C17H20BrFN2O4. The molecule has 0 aliphatic heterocycles. The van der Waals surface area contributed by atoms with Gasteiger partial charge in [-0.15, -0.1) is 0 Å². The minimum atomic E-state index is -1.04. The predicted molar refractivity (Wildman–Crippen MR) is 94.3 cm³/mol. The van der Waals surface area contributed by atoms with E-state index in [1.165, 1.54) is 32.2 Å². The van der Waals surface area contributed by atoms with Crippen LogP contribution in [0.2, 0.25) is 0 Å². The van der Waals surface area contributed by atoms with Crippen LogP contribution in [0, 0.1) is 5.82 Å². The summed E-state index contributed by atoms with van der Waals surface area (Å²) in [5.74, 6) is -2.20. The topological polar surface area (TPSA) is 84.5 Å². The molecule has 25 heavy (non-hydrogen) atoms. The van der Waals surface area contributed by atoms with Crippen molar-refractivity contribution in [1.82, 2.24) is 10.6 Å². The van der Waals surface area contributed by atoms with Crippen molar-refractivity contribution in [2.75, 3.05) is 7.11 Å². The van der Waals surface area contributed by atoms with Crippen molar-refractivity contribution in [2.24, 2.45) is 0 Å². The first-order chi connectivity index (χ1) is 11.7. The number of methoxy groups -OCH3 is 1. The molecule has 0 saturated heterocycles. The number of carbonyl (C=O) groups is 3. The van der Waals surface area contributed by atoms with E-state index < -0.39 is 35.7 Å². The van der Waals surface area contributed by atoms with E-state index >= 15 is 0 Å². The van der Waals surface area contributed by atoms with Gasteiger partial charge in [0.25, 0.3) is 0 Å². The van der Waals surface area contributed by atoms with E-state index in [1.54, 1.807) is 6.07 Å². The van der Waals surface area contributed by atoms with Crippen molar-refractivity contribution in [3.63, 3.8) is 0 Å². The molecule has 2 N–H and O–H groups in total. The maximum absolute atomic E-state index is 13.8. The van der Waals surface area contributed by atoms with E-state index in [0.717, 1.165) is 0 Å². The lowest BCUT2D eigenvalue weighted by Crippen LogP contribution is -2.52. The smallest absolute Gasteiger partial charge is 0.328 e. The summed E-state index contributed by atoms with van der Waals surface area (Å²) < 4.78 is 19.0. The molecule has 8 heteroatoms.